The topological polar surface area (TPSA) is 116 Å². The van der Waals surface area contributed by atoms with Gasteiger partial charge in [-0.25, -0.2) is 13.4 Å². The summed E-state index contributed by atoms with van der Waals surface area (Å²) < 4.78 is 36.9. The van der Waals surface area contributed by atoms with E-state index in [0.29, 0.717) is 40.5 Å². The predicted molar refractivity (Wildman–Crippen MR) is 105 cm³/mol. The third kappa shape index (κ3) is 3.69. The highest BCUT2D eigenvalue weighted by atomic mass is 32.2. The van der Waals surface area contributed by atoms with Gasteiger partial charge in [0.1, 0.15) is 5.76 Å². The van der Waals surface area contributed by atoms with E-state index in [1.54, 1.807) is 43.5 Å². The van der Waals surface area contributed by atoms with Crippen LogP contribution < -0.4 is 11.2 Å². The van der Waals surface area contributed by atoms with Crippen LogP contribution in [0.2, 0.25) is 0 Å². The van der Waals surface area contributed by atoms with Gasteiger partial charge in [-0.15, -0.1) is 0 Å². The summed E-state index contributed by atoms with van der Waals surface area (Å²) in [5.41, 5.74) is 8.93. The Morgan fingerprint density at radius 1 is 1.25 bits per heavy atom. The Bertz CT molecular complexity index is 1140. The van der Waals surface area contributed by atoms with Crippen molar-refractivity contribution in [1.29, 1.82) is 0 Å². The molecule has 0 aliphatic carbocycles. The summed E-state index contributed by atoms with van der Waals surface area (Å²) in [6, 6.07) is 9.92. The van der Waals surface area contributed by atoms with Crippen LogP contribution in [-0.2, 0) is 33.3 Å². The molecule has 0 atom stereocenters. The molecule has 0 fully saturated rings. The molecule has 144 valence electrons. The summed E-state index contributed by atoms with van der Waals surface area (Å²) in [5, 5.41) is 9.86. The monoisotopic (exact) mass is 398 g/mol. The molecule has 7 nitrogen and oxygen atoms in total. The Balaban J connectivity index is 1.67. The van der Waals surface area contributed by atoms with Gasteiger partial charge >= 0.3 is 7.12 Å². The molecule has 3 N–H and O–H groups in total. The molecule has 0 bridgehead atoms. The lowest BCUT2D eigenvalue weighted by Gasteiger charge is -2.11. The number of fused-ring (bicyclic) bond motifs is 1. The lowest BCUT2D eigenvalue weighted by atomic mass is 9.79. The van der Waals surface area contributed by atoms with Crippen molar-refractivity contribution in [2.45, 2.75) is 30.6 Å². The summed E-state index contributed by atoms with van der Waals surface area (Å²) in [6.07, 6.45) is 1.82. The van der Waals surface area contributed by atoms with E-state index in [-0.39, 0.29) is 17.1 Å². The standard InChI is InChI=1S/C19H19BN2O5S/c1-12-9-22-19(27-12)8-15-7-16(21)4-5-18(15)28(24,25)11-13-2-3-14-10-26-20(23)17(14)6-13/h2-7,9,23H,8,10-11,21H2,1H3. The van der Waals surface area contributed by atoms with E-state index >= 15 is 0 Å². The second-order valence-corrected chi connectivity index (χ2v) is 8.82. The minimum absolute atomic E-state index is 0.190. The first-order chi connectivity index (χ1) is 13.3. The molecule has 0 radical (unpaired) electrons. The molecule has 2 aromatic carbocycles. The molecular formula is C19H19BN2O5S. The summed E-state index contributed by atoms with van der Waals surface area (Å²) in [4.78, 5) is 4.34. The quantitative estimate of drug-likeness (QED) is 0.492. The summed E-state index contributed by atoms with van der Waals surface area (Å²) in [6.45, 7) is 2.10. The number of hydrogen-bond acceptors (Lipinski definition) is 7. The lowest BCUT2D eigenvalue weighted by Crippen LogP contribution is -2.28. The number of hydrogen-bond donors (Lipinski definition) is 2. The van der Waals surface area contributed by atoms with Gasteiger partial charge in [0.25, 0.3) is 0 Å². The van der Waals surface area contributed by atoms with Crippen LogP contribution in [-0.4, -0.2) is 25.5 Å². The average Bonchev–Trinajstić information content (AvgIpc) is 3.20. The van der Waals surface area contributed by atoms with Gasteiger partial charge in [0, 0.05) is 5.69 Å². The van der Waals surface area contributed by atoms with E-state index in [9.17, 15) is 13.4 Å². The zero-order valence-corrected chi connectivity index (χ0v) is 16.1. The summed E-state index contributed by atoms with van der Waals surface area (Å²) >= 11 is 0. The molecule has 0 saturated carbocycles. The van der Waals surface area contributed by atoms with Gasteiger partial charge in [-0.1, -0.05) is 18.2 Å². The van der Waals surface area contributed by atoms with E-state index in [1.807, 2.05) is 0 Å². The Hall–Kier alpha value is -2.62. The van der Waals surface area contributed by atoms with E-state index in [1.165, 1.54) is 6.07 Å². The fraction of sp³-hybridized carbons (Fsp3) is 0.211. The molecule has 4 rings (SSSR count). The van der Waals surface area contributed by atoms with Crippen molar-refractivity contribution in [1.82, 2.24) is 4.98 Å². The van der Waals surface area contributed by atoms with Crippen molar-refractivity contribution in [2.75, 3.05) is 5.73 Å². The van der Waals surface area contributed by atoms with Gasteiger partial charge in [-0.05, 0) is 47.3 Å². The first kappa shape index (κ1) is 18.7. The van der Waals surface area contributed by atoms with Gasteiger partial charge in [-0.3, -0.25) is 0 Å². The highest BCUT2D eigenvalue weighted by molar-refractivity contribution is 7.90. The summed E-state index contributed by atoms with van der Waals surface area (Å²) in [5.74, 6) is 0.883. The molecule has 3 aromatic rings. The number of sulfone groups is 1. The Morgan fingerprint density at radius 3 is 2.82 bits per heavy atom. The van der Waals surface area contributed by atoms with Crippen LogP contribution in [0.5, 0.6) is 0 Å². The van der Waals surface area contributed by atoms with Crippen molar-refractivity contribution in [3.05, 3.63) is 70.9 Å². The van der Waals surface area contributed by atoms with Crippen molar-refractivity contribution >= 4 is 28.1 Å². The van der Waals surface area contributed by atoms with Gasteiger partial charge in [-0.2, -0.15) is 0 Å². The summed E-state index contributed by atoms with van der Waals surface area (Å²) in [7, 11) is -4.67. The normalized spacial score (nSPS) is 13.7. The third-order valence-corrected chi connectivity index (χ3v) is 6.44. The lowest BCUT2D eigenvalue weighted by molar-refractivity contribution is 0.275. The average molecular weight is 398 g/mol. The molecule has 28 heavy (non-hydrogen) atoms. The van der Waals surface area contributed by atoms with Crippen molar-refractivity contribution in [2.24, 2.45) is 0 Å². The molecular weight excluding hydrogens is 379 g/mol. The SMILES string of the molecule is Cc1cnc(Cc2cc(N)ccc2S(=O)(=O)Cc2ccc3c(c2)B(O)OC3)o1. The molecule has 2 heterocycles. The first-order valence-corrected chi connectivity index (χ1v) is 10.4. The highest BCUT2D eigenvalue weighted by Gasteiger charge is 2.28. The van der Waals surface area contributed by atoms with E-state index in [4.69, 9.17) is 14.8 Å². The number of rotatable bonds is 5. The molecule has 9 heteroatoms. The van der Waals surface area contributed by atoms with Crippen LogP contribution >= 0.6 is 0 Å². The van der Waals surface area contributed by atoms with Gasteiger partial charge in [0.15, 0.2) is 15.7 Å². The van der Waals surface area contributed by atoms with Crippen LogP contribution in [0.15, 0.2) is 51.9 Å². The Morgan fingerprint density at radius 2 is 2.07 bits per heavy atom. The minimum Gasteiger partial charge on any atom is -0.446 e. The van der Waals surface area contributed by atoms with Crippen LogP contribution in [0.4, 0.5) is 5.69 Å². The van der Waals surface area contributed by atoms with Gasteiger partial charge < -0.3 is 19.8 Å². The number of anilines is 1. The van der Waals surface area contributed by atoms with Crippen molar-refractivity contribution in [3.8, 4) is 0 Å². The molecule has 0 saturated heterocycles. The van der Waals surface area contributed by atoms with E-state index in [2.05, 4.69) is 4.98 Å². The zero-order chi connectivity index (χ0) is 19.9. The number of nitrogens with two attached hydrogens (primary N) is 1. The maximum atomic E-state index is 13.1. The van der Waals surface area contributed by atoms with Crippen LogP contribution in [0, 0.1) is 6.92 Å². The number of benzene rings is 2. The van der Waals surface area contributed by atoms with Gasteiger partial charge in [0.2, 0.25) is 0 Å². The molecule has 0 spiro atoms. The van der Waals surface area contributed by atoms with Crippen molar-refractivity contribution in [3.63, 3.8) is 0 Å². The highest BCUT2D eigenvalue weighted by Crippen LogP contribution is 2.25. The number of oxazole rings is 1. The molecule has 0 amide bonds. The number of nitrogens with zero attached hydrogens (tertiary/aromatic N) is 1. The number of aryl methyl sites for hydroxylation is 1. The largest absolute Gasteiger partial charge is 0.491 e. The van der Waals surface area contributed by atoms with Crippen molar-refractivity contribution < 1.29 is 22.5 Å². The molecule has 0 unspecified atom stereocenters. The molecule has 1 aliphatic rings. The Labute approximate surface area is 163 Å². The fourth-order valence-electron chi connectivity index (χ4n) is 3.34. The number of aromatic nitrogens is 1. The molecule has 1 aromatic heterocycles. The van der Waals surface area contributed by atoms with E-state index in [0.717, 1.165) is 5.56 Å². The van der Waals surface area contributed by atoms with Crippen LogP contribution in [0.3, 0.4) is 0 Å². The van der Waals surface area contributed by atoms with Crippen LogP contribution in [0.1, 0.15) is 28.3 Å². The fourth-order valence-corrected chi connectivity index (χ4v) is 4.92. The number of nitrogen functional groups attached to an aromatic ring is 1. The van der Waals surface area contributed by atoms with E-state index < -0.39 is 17.0 Å². The molecule has 1 aliphatic heterocycles. The zero-order valence-electron chi connectivity index (χ0n) is 15.3. The van der Waals surface area contributed by atoms with Crippen LogP contribution in [0.25, 0.3) is 0 Å². The maximum absolute atomic E-state index is 13.1. The maximum Gasteiger partial charge on any atom is 0.491 e. The second kappa shape index (κ2) is 7.08. The third-order valence-electron chi connectivity index (χ3n) is 4.66. The van der Waals surface area contributed by atoms with Gasteiger partial charge in [0.05, 0.1) is 29.9 Å². The minimum atomic E-state index is -3.66. The Kier molecular flexibility index (Phi) is 4.74. The second-order valence-electron chi connectivity index (χ2n) is 6.86. The first-order valence-electron chi connectivity index (χ1n) is 8.76. The predicted octanol–water partition coefficient (Wildman–Crippen LogP) is 1.35. The smallest absolute Gasteiger partial charge is 0.446 e.